The number of ether oxygens (including phenoxy) is 1. The van der Waals surface area contributed by atoms with Crippen molar-refractivity contribution < 1.29 is 14.3 Å². The topological polar surface area (TPSA) is 67.4 Å². The summed E-state index contributed by atoms with van der Waals surface area (Å²) < 4.78 is 5.11. The molecule has 2 N–H and O–H groups in total. The molecule has 1 aliphatic heterocycles. The second kappa shape index (κ2) is 8.63. The van der Waals surface area contributed by atoms with Crippen molar-refractivity contribution in [3.63, 3.8) is 0 Å². The van der Waals surface area contributed by atoms with Crippen LogP contribution in [0.2, 0.25) is 0 Å². The fourth-order valence-electron chi connectivity index (χ4n) is 3.20. The molecule has 1 heterocycles. The fourth-order valence-corrected chi connectivity index (χ4v) is 3.20. The Labute approximate surface area is 153 Å². The van der Waals surface area contributed by atoms with Crippen molar-refractivity contribution in [3.05, 3.63) is 59.7 Å². The summed E-state index contributed by atoms with van der Waals surface area (Å²) in [5, 5.41) is 6.26. The van der Waals surface area contributed by atoms with E-state index in [0.717, 1.165) is 19.4 Å². The van der Waals surface area contributed by atoms with Crippen molar-refractivity contribution in [1.82, 2.24) is 5.32 Å². The molecule has 1 amide bonds. The summed E-state index contributed by atoms with van der Waals surface area (Å²) in [5.74, 6) is 0.496. The molecule has 26 heavy (non-hydrogen) atoms. The molecule has 0 spiro atoms. The van der Waals surface area contributed by atoms with Gasteiger partial charge in [-0.25, -0.2) is 0 Å². The average Bonchev–Trinajstić information content (AvgIpc) is 2.69. The molecule has 0 saturated carbocycles. The number of methoxy groups -OCH3 is 1. The summed E-state index contributed by atoms with van der Waals surface area (Å²) in [5.41, 5.74) is 1.62. The van der Waals surface area contributed by atoms with E-state index in [0.29, 0.717) is 29.0 Å². The van der Waals surface area contributed by atoms with Crippen LogP contribution >= 0.6 is 0 Å². The van der Waals surface area contributed by atoms with E-state index in [2.05, 4.69) is 10.6 Å². The van der Waals surface area contributed by atoms with Gasteiger partial charge in [0.2, 0.25) is 0 Å². The van der Waals surface area contributed by atoms with Gasteiger partial charge in [0.25, 0.3) is 5.91 Å². The van der Waals surface area contributed by atoms with Crippen LogP contribution in [0.4, 0.5) is 5.69 Å². The molecule has 2 aromatic rings. The zero-order valence-corrected chi connectivity index (χ0v) is 15.0. The third kappa shape index (κ3) is 4.49. The number of nitrogens with one attached hydrogen (secondary N) is 2. The number of ketones is 1. The Hall–Kier alpha value is -2.66. The van der Waals surface area contributed by atoms with Gasteiger partial charge in [-0.3, -0.25) is 9.59 Å². The molecular weight excluding hydrogens is 328 g/mol. The summed E-state index contributed by atoms with van der Waals surface area (Å²) >= 11 is 0. The first-order chi connectivity index (χ1) is 12.7. The number of amides is 1. The number of anilines is 1. The van der Waals surface area contributed by atoms with E-state index in [1.807, 2.05) is 12.1 Å². The lowest BCUT2D eigenvalue weighted by Crippen LogP contribution is -2.35. The van der Waals surface area contributed by atoms with E-state index in [9.17, 15) is 9.59 Å². The molecule has 1 saturated heterocycles. The third-order valence-electron chi connectivity index (χ3n) is 4.67. The van der Waals surface area contributed by atoms with Crippen LogP contribution in [-0.4, -0.2) is 31.4 Å². The van der Waals surface area contributed by atoms with Crippen LogP contribution in [0.25, 0.3) is 0 Å². The van der Waals surface area contributed by atoms with Gasteiger partial charge in [0, 0.05) is 23.6 Å². The van der Waals surface area contributed by atoms with Crippen LogP contribution in [-0.2, 0) is 0 Å². The first-order valence-corrected chi connectivity index (χ1v) is 8.98. The summed E-state index contributed by atoms with van der Waals surface area (Å²) in [6, 6.07) is 14.3. The predicted octanol–water partition coefficient (Wildman–Crippen LogP) is 3.66. The van der Waals surface area contributed by atoms with Gasteiger partial charge in [0.15, 0.2) is 5.78 Å². The van der Waals surface area contributed by atoms with Gasteiger partial charge in [-0.15, -0.1) is 0 Å². The lowest BCUT2D eigenvalue weighted by atomic mass is 9.96. The van der Waals surface area contributed by atoms with E-state index in [1.165, 1.54) is 6.42 Å². The molecule has 1 unspecified atom stereocenters. The van der Waals surface area contributed by atoms with Gasteiger partial charge in [-0.05, 0) is 55.8 Å². The largest absolute Gasteiger partial charge is 0.497 e. The minimum absolute atomic E-state index is 0.0510. The van der Waals surface area contributed by atoms with E-state index in [4.69, 9.17) is 4.74 Å². The minimum Gasteiger partial charge on any atom is -0.497 e. The second-order valence-electron chi connectivity index (χ2n) is 6.50. The molecule has 1 atom stereocenters. The number of carbonyl (C=O) groups is 2. The molecule has 5 heteroatoms. The lowest BCUT2D eigenvalue weighted by Gasteiger charge is -2.23. The third-order valence-corrected chi connectivity index (χ3v) is 4.67. The zero-order valence-electron chi connectivity index (χ0n) is 15.0. The summed E-state index contributed by atoms with van der Waals surface area (Å²) in [6.45, 7) is 0.966. The maximum Gasteiger partial charge on any atom is 0.255 e. The van der Waals surface area contributed by atoms with E-state index in [1.54, 1.807) is 43.5 Å². The van der Waals surface area contributed by atoms with Crippen molar-refractivity contribution in [3.8, 4) is 5.75 Å². The monoisotopic (exact) mass is 352 g/mol. The van der Waals surface area contributed by atoms with Crippen LogP contribution in [0.3, 0.4) is 0 Å². The molecular formula is C21H24N2O3. The number of para-hydroxylation sites is 1. The van der Waals surface area contributed by atoms with Crippen molar-refractivity contribution in [2.24, 2.45) is 0 Å². The molecule has 0 aromatic heterocycles. The standard InChI is InChI=1S/C21H24N2O3/c1-26-17-11-9-15(10-12-17)21(25)23-19-8-3-2-7-18(19)20(24)14-16-6-4-5-13-22-16/h2-3,7-12,16,22H,4-6,13-14H2,1H3,(H,23,25). The number of hydrogen-bond acceptors (Lipinski definition) is 4. The van der Waals surface area contributed by atoms with Crippen molar-refractivity contribution in [1.29, 1.82) is 0 Å². The van der Waals surface area contributed by atoms with E-state index < -0.39 is 0 Å². The van der Waals surface area contributed by atoms with Crippen LogP contribution in [0.1, 0.15) is 46.4 Å². The number of piperidine rings is 1. The first-order valence-electron chi connectivity index (χ1n) is 8.98. The molecule has 3 rings (SSSR count). The van der Waals surface area contributed by atoms with Gasteiger partial charge in [0.1, 0.15) is 5.75 Å². The summed E-state index contributed by atoms with van der Waals surface area (Å²) in [6.07, 6.45) is 3.79. The van der Waals surface area contributed by atoms with Crippen LogP contribution < -0.4 is 15.4 Å². The summed E-state index contributed by atoms with van der Waals surface area (Å²) in [7, 11) is 1.58. The molecule has 2 aromatic carbocycles. The molecule has 0 radical (unpaired) electrons. The van der Waals surface area contributed by atoms with Crippen molar-refractivity contribution in [2.45, 2.75) is 31.7 Å². The Morgan fingerprint density at radius 1 is 1.12 bits per heavy atom. The van der Waals surface area contributed by atoms with E-state index >= 15 is 0 Å². The highest BCUT2D eigenvalue weighted by Gasteiger charge is 2.20. The SMILES string of the molecule is COc1ccc(C(=O)Nc2ccccc2C(=O)CC2CCCCN2)cc1. The van der Waals surface area contributed by atoms with Gasteiger partial charge in [0.05, 0.1) is 12.8 Å². The van der Waals surface area contributed by atoms with Gasteiger partial charge < -0.3 is 15.4 Å². The number of benzene rings is 2. The highest BCUT2D eigenvalue weighted by molar-refractivity contribution is 6.09. The Balaban J connectivity index is 1.71. The van der Waals surface area contributed by atoms with Crippen LogP contribution in [0, 0.1) is 0 Å². The zero-order chi connectivity index (χ0) is 18.4. The molecule has 5 nitrogen and oxygen atoms in total. The Morgan fingerprint density at radius 2 is 1.88 bits per heavy atom. The number of hydrogen-bond donors (Lipinski definition) is 2. The molecule has 0 bridgehead atoms. The van der Waals surface area contributed by atoms with Crippen LogP contribution in [0.15, 0.2) is 48.5 Å². The van der Waals surface area contributed by atoms with Crippen LogP contribution in [0.5, 0.6) is 5.75 Å². The highest BCUT2D eigenvalue weighted by Crippen LogP contribution is 2.21. The first kappa shape index (κ1) is 18.1. The second-order valence-corrected chi connectivity index (χ2v) is 6.50. The number of Topliss-reactive ketones (excluding diaryl/α,β-unsaturated/α-hetero) is 1. The minimum atomic E-state index is -0.247. The highest BCUT2D eigenvalue weighted by atomic mass is 16.5. The molecule has 0 aliphatic carbocycles. The number of carbonyl (C=O) groups excluding carboxylic acids is 2. The lowest BCUT2D eigenvalue weighted by molar-refractivity contribution is 0.0964. The normalized spacial score (nSPS) is 16.7. The van der Waals surface area contributed by atoms with Gasteiger partial charge in [-0.2, -0.15) is 0 Å². The maximum atomic E-state index is 12.7. The van der Waals surface area contributed by atoms with E-state index in [-0.39, 0.29) is 17.7 Å². The Kier molecular flexibility index (Phi) is 6.02. The molecule has 1 aliphatic rings. The Bertz CT molecular complexity index is 765. The summed E-state index contributed by atoms with van der Waals surface area (Å²) in [4.78, 5) is 25.2. The quantitative estimate of drug-likeness (QED) is 0.779. The van der Waals surface area contributed by atoms with Gasteiger partial charge in [-0.1, -0.05) is 18.6 Å². The molecule has 1 fully saturated rings. The maximum absolute atomic E-state index is 12.7. The predicted molar refractivity (Wildman–Crippen MR) is 102 cm³/mol. The van der Waals surface area contributed by atoms with Crippen molar-refractivity contribution >= 4 is 17.4 Å². The fraction of sp³-hybridized carbons (Fsp3) is 0.333. The van der Waals surface area contributed by atoms with Gasteiger partial charge >= 0.3 is 0 Å². The smallest absolute Gasteiger partial charge is 0.255 e. The average molecular weight is 352 g/mol. The Morgan fingerprint density at radius 3 is 2.58 bits per heavy atom. The number of rotatable bonds is 6. The van der Waals surface area contributed by atoms with Crippen molar-refractivity contribution in [2.75, 3.05) is 19.0 Å². The molecule has 136 valence electrons.